The molecule has 1 heterocycles. The number of carbonyl (C=O) groups is 1. The molecule has 1 N–H and O–H groups in total. The van der Waals surface area contributed by atoms with Crippen molar-refractivity contribution >= 4 is 5.97 Å². The fourth-order valence-corrected chi connectivity index (χ4v) is 3.52. The number of unbranched alkanes of at least 4 members (excludes halogenated alkanes) is 7. The van der Waals surface area contributed by atoms with Crippen LogP contribution in [0.2, 0.25) is 0 Å². The maximum atomic E-state index is 11.7. The largest absolute Gasteiger partial charge is 0.469 e. The number of aliphatic hydroxyl groups is 1. The van der Waals surface area contributed by atoms with Crippen LogP contribution in [0.25, 0.3) is 0 Å². The van der Waals surface area contributed by atoms with Gasteiger partial charge in [0.05, 0.1) is 19.1 Å². The van der Waals surface area contributed by atoms with E-state index in [4.69, 9.17) is 14.2 Å². The second-order valence-corrected chi connectivity index (χ2v) is 7.51. The maximum Gasteiger partial charge on any atom is 0.311 e. The lowest BCUT2D eigenvalue weighted by Crippen LogP contribution is -2.28. The summed E-state index contributed by atoms with van der Waals surface area (Å²) in [6.45, 7) is 5.31. The van der Waals surface area contributed by atoms with Gasteiger partial charge in [0, 0.05) is 13.2 Å². The topological polar surface area (TPSA) is 65.0 Å². The van der Waals surface area contributed by atoms with Crippen LogP contribution in [0.1, 0.15) is 83.5 Å². The van der Waals surface area contributed by atoms with Crippen LogP contribution in [0.4, 0.5) is 0 Å². The number of allylic oxidation sites excluding steroid dienone is 1. The number of hydrogen-bond acceptors (Lipinski definition) is 5. The van der Waals surface area contributed by atoms with Crippen LogP contribution in [0, 0.1) is 5.92 Å². The SMILES string of the molecule is C=CC[C@@H](C(=O)OC)[C@H](O)CCCCCCCCCCOC1CCCCO1. The van der Waals surface area contributed by atoms with E-state index in [1.807, 2.05) is 0 Å². The molecule has 0 aliphatic carbocycles. The zero-order valence-corrected chi connectivity index (χ0v) is 17.2. The van der Waals surface area contributed by atoms with Crippen molar-refractivity contribution in [2.45, 2.75) is 95.9 Å². The molecule has 0 aromatic carbocycles. The Kier molecular flexibility index (Phi) is 14.4. The van der Waals surface area contributed by atoms with Crippen molar-refractivity contribution < 1.29 is 24.1 Å². The first-order valence-corrected chi connectivity index (χ1v) is 10.8. The Labute approximate surface area is 165 Å². The zero-order chi connectivity index (χ0) is 19.7. The molecular weight excluding hydrogens is 344 g/mol. The van der Waals surface area contributed by atoms with Crippen LogP contribution in [0.3, 0.4) is 0 Å². The van der Waals surface area contributed by atoms with Crippen LogP contribution < -0.4 is 0 Å². The van der Waals surface area contributed by atoms with Crippen molar-refractivity contribution in [3.8, 4) is 0 Å². The molecule has 1 saturated heterocycles. The summed E-state index contributed by atoms with van der Waals surface area (Å²) in [7, 11) is 1.36. The van der Waals surface area contributed by atoms with E-state index in [2.05, 4.69) is 6.58 Å². The van der Waals surface area contributed by atoms with Crippen molar-refractivity contribution in [3.05, 3.63) is 12.7 Å². The van der Waals surface area contributed by atoms with E-state index in [9.17, 15) is 9.90 Å². The molecule has 1 fully saturated rings. The quantitative estimate of drug-likeness (QED) is 0.236. The summed E-state index contributed by atoms with van der Waals surface area (Å²) < 4.78 is 16.1. The molecule has 1 aliphatic rings. The molecule has 0 amide bonds. The summed E-state index contributed by atoms with van der Waals surface area (Å²) in [6.07, 6.45) is 14.9. The lowest BCUT2D eigenvalue weighted by molar-refractivity contribution is -0.162. The van der Waals surface area contributed by atoms with Gasteiger partial charge >= 0.3 is 5.97 Å². The van der Waals surface area contributed by atoms with Gasteiger partial charge < -0.3 is 19.3 Å². The van der Waals surface area contributed by atoms with E-state index in [-0.39, 0.29) is 12.3 Å². The molecule has 0 saturated carbocycles. The Balaban J connectivity index is 1.90. The molecule has 1 aliphatic heterocycles. The lowest BCUT2D eigenvalue weighted by atomic mass is 9.94. The average Bonchev–Trinajstić information content (AvgIpc) is 2.70. The molecule has 0 radical (unpaired) electrons. The Hall–Kier alpha value is -0.910. The first-order valence-electron chi connectivity index (χ1n) is 10.8. The highest BCUT2D eigenvalue weighted by Crippen LogP contribution is 2.19. The minimum atomic E-state index is -0.636. The smallest absolute Gasteiger partial charge is 0.311 e. The van der Waals surface area contributed by atoms with Crippen molar-refractivity contribution in [2.24, 2.45) is 5.92 Å². The molecule has 158 valence electrons. The van der Waals surface area contributed by atoms with Gasteiger partial charge in [0.15, 0.2) is 6.29 Å². The van der Waals surface area contributed by atoms with E-state index < -0.39 is 12.0 Å². The van der Waals surface area contributed by atoms with E-state index in [0.717, 1.165) is 38.9 Å². The van der Waals surface area contributed by atoms with Gasteiger partial charge in [0.25, 0.3) is 0 Å². The van der Waals surface area contributed by atoms with Crippen molar-refractivity contribution in [2.75, 3.05) is 20.3 Å². The van der Waals surface area contributed by atoms with Gasteiger partial charge in [-0.15, -0.1) is 6.58 Å². The predicted molar refractivity (Wildman–Crippen MR) is 107 cm³/mol. The molecule has 0 spiro atoms. The Morgan fingerprint density at radius 1 is 1.15 bits per heavy atom. The Bertz CT molecular complexity index is 379. The lowest BCUT2D eigenvalue weighted by Gasteiger charge is -2.22. The zero-order valence-electron chi connectivity index (χ0n) is 17.2. The summed E-state index contributed by atoms with van der Waals surface area (Å²) in [5.74, 6) is -0.824. The number of ether oxygens (including phenoxy) is 3. The third kappa shape index (κ3) is 11.5. The van der Waals surface area contributed by atoms with Crippen molar-refractivity contribution in [1.29, 1.82) is 0 Å². The molecule has 1 unspecified atom stereocenters. The normalized spacial score (nSPS) is 19.4. The van der Waals surface area contributed by atoms with Gasteiger partial charge in [-0.25, -0.2) is 0 Å². The van der Waals surface area contributed by atoms with E-state index in [1.54, 1.807) is 6.08 Å². The Morgan fingerprint density at radius 2 is 1.81 bits per heavy atom. The summed E-state index contributed by atoms with van der Waals surface area (Å²) in [6, 6.07) is 0. The molecular formula is C22H40O5. The third-order valence-corrected chi connectivity index (χ3v) is 5.22. The van der Waals surface area contributed by atoms with Crippen LogP contribution in [0.15, 0.2) is 12.7 Å². The van der Waals surface area contributed by atoms with E-state index in [0.29, 0.717) is 12.8 Å². The van der Waals surface area contributed by atoms with Gasteiger partial charge in [0.2, 0.25) is 0 Å². The number of esters is 1. The maximum absolute atomic E-state index is 11.7. The summed E-state index contributed by atoms with van der Waals surface area (Å²) in [5.41, 5.74) is 0. The second kappa shape index (κ2) is 16.1. The third-order valence-electron chi connectivity index (χ3n) is 5.22. The van der Waals surface area contributed by atoms with Crippen molar-refractivity contribution in [3.63, 3.8) is 0 Å². The summed E-state index contributed by atoms with van der Waals surface area (Å²) >= 11 is 0. The highest BCUT2D eigenvalue weighted by molar-refractivity contribution is 5.73. The molecule has 27 heavy (non-hydrogen) atoms. The molecule has 0 aromatic heterocycles. The number of carbonyl (C=O) groups excluding carboxylic acids is 1. The van der Waals surface area contributed by atoms with Crippen molar-refractivity contribution in [1.82, 2.24) is 0 Å². The molecule has 5 nitrogen and oxygen atoms in total. The van der Waals surface area contributed by atoms with Crippen LogP contribution >= 0.6 is 0 Å². The van der Waals surface area contributed by atoms with Gasteiger partial charge in [0.1, 0.15) is 0 Å². The van der Waals surface area contributed by atoms with Gasteiger partial charge in [-0.2, -0.15) is 0 Å². The van der Waals surface area contributed by atoms with Crippen LogP contribution in [-0.4, -0.2) is 43.8 Å². The number of methoxy groups -OCH3 is 1. The molecule has 0 aromatic rings. The fraction of sp³-hybridized carbons (Fsp3) is 0.864. The summed E-state index contributed by atoms with van der Waals surface area (Å²) in [5, 5.41) is 10.2. The number of hydrogen-bond donors (Lipinski definition) is 1. The fourth-order valence-electron chi connectivity index (χ4n) is 3.52. The number of rotatable bonds is 16. The van der Waals surface area contributed by atoms with Gasteiger partial charge in [-0.1, -0.05) is 51.0 Å². The van der Waals surface area contributed by atoms with Crippen LogP contribution in [-0.2, 0) is 19.0 Å². The molecule has 5 heteroatoms. The number of aliphatic hydroxyl groups excluding tert-OH is 1. The minimum Gasteiger partial charge on any atom is -0.469 e. The predicted octanol–water partition coefficient (Wildman–Crippen LogP) is 4.77. The van der Waals surface area contributed by atoms with Crippen LogP contribution in [0.5, 0.6) is 0 Å². The monoisotopic (exact) mass is 384 g/mol. The highest BCUT2D eigenvalue weighted by Gasteiger charge is 2.25. The molecule has 1 rings (SSSR count). The second-order valence-electron chi connectivity index (χ2n) is 7.51. The van der Waals surface area contributed by atoms with E-state index >= 15 is 0 Å². The standard InChI is InChI=1S/C22H40O5/c1-3-14-19(22(24)25-2)20(23)15-10-8-6-4-5-7-9-12-17-26-21-16-11-13-18-27-21/h3,19-21,23H,1,4-18H2,2H3/t19-,20-,21?/m1/s1. The molecule has 0 bridgehead atoms. The van der Waals surface area contributed by atoms with Gasteiger partial charge in [-0.3, -0.25) is 4.79 Å². The Morgan fingerprint density at radius 3 is 2.41 bits per heavy atom. The van der Waals surface area contributed by atoms with Gasteiger partial charge in [-0.05, 0) is 38.5 Å². The van der Waals surface area contributed by atoms with E-state index in [1.165, 1.54) is 52.1 Å². The first-order chi connectivity index (χ1) is 13.2. The summed E-state index contributed by atoms with van der Waals surface area (Å²) in [4.78, 5) is 11.7. The average molecular weight is 385 g/mol. The minimum absolute atomic E-state index is 0.0411. The molecule has 3 atom stereocenters. The first kappa shape index (κ1) is 24.1. The highest BCUT2D eigenvalue weighted by atomic mass is 16.7.